The van der Waals surface area contributed by atoms with Crippen molar-refractivity contribution in [1.82, 2.24) is 0 Å². The Morgan fingerprint density at radius 1 is 1.50 bits per heavy atom. The third-order valence-electron chi connectivity index (χ3n) is 2.19. The molecule has 0 saturated carbocycles. The normalized spacial score (nSPS) is 12.9. The van der Waals surface area contributed by atoms with Gasteiger partial charge in [0.15, 0.2) is 0 Å². The summed E-state index contributed by atoms with van der Waals surface area (Å²) in [5.41, 5.74) is 7.26. The third kappa shape index (κ3) is 1.76. The average Bonchev–Trinajstić information content (AvgIpc) is 2.03. The van der Waals surface area contributed by atoms with Crippen molar-refractivity contribution in [1.29, 1.82) is 0 Å². The highest BCUT2D eigenvalue weighted by Gasteiger charge is 2.06. The van der Waals surface area contributed by atoms with Gasteiger partial charge in [-0.1, -0.05) is 19.9 Å². The van der Waals surface area contributed by atoms with E-state index in [4.69, 9.17) is 5.73 Å². The van der Waals surface area contributed by atoms with Crippen molar-refractivity contribution in [3.8, 4) is 0 Å². The fourth-order valence-electron chi connectivity index (χ4n) is 1.21. The van der Waals surface area contributed by atoms with Crippen molar-refractivity contribution >= 4 is 5.69 Å². The fraction of sp³-hybridized carbons (Fsp3) is 0.400. The molecule has 1 aromatic carbocycles. The van der Waals surface area contributed by atoms with E-state index in [0.717, 1.165) is 12.0 Å². The van der Waals surface area contributed by atoms with E-state index in [1.54, 1.807) is 6.07 Å². The summed E-state index contributed by atoms with van der Waals surface area (Å²) in [4.78, 5) is 0. The van der Waals surface area contributed by atoms with Crippen LogP contribution in [0.15, 0.2) is 18.2 Å². The van der Waals surface area contributed by atoms with E-state index < -0.39 is 0 Å². The van der Waals surface area contributed by atoms with Crippen LogP contribution in [0.25, 0.3) is 0 Å². The zero-order valence-corrected chi connectivity index (χ0v) is 7.47. The van der Waals surface area contributed by atoms with Crippen LogP contribution in [0.1, 0.15) is 31.7 Å². The first-order valence-corrected chi connectivity index (χ1v) is 4.20. The molecule has 0 radical (unpaired) electrons. The van der Waals surface area contributed by atoms with Crippen molar-refractivity contribution < 1.29 is 4.39 Å². The van der Waals surface area contributed by atoms with Crippen LogP contribution >= 0.6 is 0 Å². The molecule has 0 amide bonds. The molecule has 0 aromatic heterocycles. The second-order valence-electron chi connectivity index (χ2n) is 3.08. The number of rotatable bonds is 2. The molecule has 1 nitrogen and oxygen atoms in total. The summed E-state index contributed by atoms with van der Waals surface area (Å²) >= 11 is 0. The standard InChI is InChI=1S/C10H14FN/c1-3-7(2)9-5-4-8(11)6-10(9)12/h4-7H,3,12H2,1-2H3. The van der Waals surface area contributed by atoms with E-state index in [1.165, 1.54) is 12.1 Å². The molecule has 0 aliphatic rings. The first-order valence-electron chi connectivity index (χ1n) is 4.20. The van der Waals surface area contributed by atoms with Gasteiger partial charge in [-0.15, -0.1) is 0 Å². The number of anilines is 1. The van der Waals surface area contributed by atoms with Gasteiger partial charge in [0.2, 0.25) is 0 Å². The first-order chi connectivity index (χ1) is 5.65. The minimum atomic E-state index is -0.264. The predicted molar refractivity (Wildman–Crippen MR) is 49.5 cm³/mol. The zero-order valence-electron chi connectivity index (χ0n) is 7.47. The van der Waals surface area contributed by atoms with Crippen LogP contribution in [0.2, 0.25) is 0 Å². The maximum atomic E-state index is 12.6. The Balaban J connectivity index is 3.01. The van der Waals surface area contributed by atoms with E-state index in [9.17, 15) is 4.39 Å². The molecule has 1 rings (SSSR count). The molecule has 0 aliphatic carbocycles. The Kier molecular flexibility index (Phi) is 2.69. The molecule has 0 bridgehead atoms. The van der Waals surface area contributed by atoms with Crippen LogP contribution in [0.5, 0.6) is 0 Å². The lowest BCUT2D eigenvalue weighted by atomic mass is 9.97. The maximum absolute atomic E-state index is 12.6. The third-order valence-corrected chi connectivity index (χ3v) is 2.19. The van der Waals surface area contributed by atoms with Gasteiger partial charge in [0, 0.05) is 5.69 Å². The number of hydrogen-bond donors (Lipinski definition) is 1. The molecular formula is C10H14FN. The summed E-state index contributed by atoms with van der Waals surface area (Å²) in [6.07, 6.45) is 1.02. The lowest BCUT2D eigenvalue weighted by Gasteiger charge is -2.11. The molecule has 0 aliphatic heterocycles. The fourth-order valence-corrected chi connectivity index (χ4v) is 1.21. The predicted octanol–water partition coefficient (Wildman–Crippen LogP) is 2.92. The second kappa shape index (κ2) is 3.57. The Morgan fingerprint density at radius 3 is 2.67 bits per heavy atom. The second-order valence-corrected chi connectivity index (χ2v) is 3.08. The van der Waals surface area contributed by atoms with Crippen LogP contribution in [0.3, 0.4) is 0 Å². The van der Waals surface area contributed by atoms with E-state index in [2.05, 4.69) is 13.8 Å². The number of nitrogen functional groups attached to an aromatic ring is 1. The van der Waals surface area contributed by atoms with E-state index in [1.807, 2.05) is 0 Å². The SMILES string of the molecule is CCC(C)c1ccc(F)cc1N. The minimum absolute atomic E-state index is 0.264. The van der Waals surface area contributed by atoms with Gasteiger partial charge in [-0.3, -0.25) is 0 Å². The molecule has 0 spiro atoms. The Bertz CT molecular complexity index is 271. The monoisotopic (exact) mass is 167 g/mol. The highest BCUT2D eigenvalue weighted by molar-refractivity contribution is 5.48. The summed E-state index contributed by atoms with van der Waals surface area (Å²) in [6, 6.07) is 4.60. The molecule has 0 fully saturated rings. The zero-order chi connectivity index (χ0) is 9.14. The van der Waals surface area contributed by atoms with Crippen LogP contribution in [0, 0.1) is 5.82 Å². The largest absolute Gasteiger partial charge is 0.398 e. The van der Waals surface area contributed by atoms with Gasteiger partial charge in [-0.25, -0.2) is 4.39 Å². The first kappa shape index (κ1) is 9.04. The van der Waals surface area contributed by atoms with Gasteiger partial charge < -0.3 is 5.73 Å². The molecule has 2 heteroatoms. The molecule has 0 saturated heterocycles. The minimum Gasteiger partial charge on any atom is -0.398 e. The Hall–Kier alpha value is -1.05. The highest BCUT2D eigenvalue weighted by Crippen LogP contribution is 2.24. The van der Waals surface area contributed by atoms with Gasteiger partial charge >= 0.3 is 0 Å². The van der Waals surface area contributed by atoms with Crippen LogP contribution in [0.4, 0.5) is 10.1 Å². The van der Waals surface area contributed by atoms with E-state index in [0.29, 0.717) is 11.6 Å². The van der Waals surface area contributed by atoms with Gasteiger partial charge in [0.25, 0.3) is 0 Å². The number of halogens is 1. The van der Waals surface area contributed by atoms with Crippen LogP contribution in [-0.2, 0) is 0 Å². The lowest BCUT2D eigenvalue weighted by Crippen LogP contribution is -1.98. The van der Waals surface area contributed by atoms with Gasteiger partial charge in [-0.2, -0.15) is 0 Å². The number of nitrogens with two attached hydrogens (primary N) is 1. The summed E-state index contributed by atoms with van der Waals surface area (Å²) in [5, 5.41) is 0. The molecule has 66 valence electrons. The number of benzene rings is 1. The van der Waals surface area contributed by atoms with E-state index in [-0.39, 0.29) is 5.82 Å². The highest BCUT2D eigenvalue weighted by atomic mass is 19.1. The van der Waals surface area contributed by atoms with Crippen molar-refractivity contribution in [2.45, 2.75) is 26.2 Å². The van der Waals surface area contributed by atoms with E-state index >= 15 is 0 Å². The Labute approximate surface area is 72.4 Å². The summed E-state index contributed by atoms with van der Waals surface area (Å²) in [6.45, 7) is 4.18. The lowest BCUT2D eigenvalue weighted by molar-refractivity contribution is 0.626. The summed E-state index contributed by atoms with van der Waals surface area (Å²) in [7, 11) is 0. The topological polar surface area (TPSA) is 26.0 Å². The van der Waals surface area contributed by atoms with Crippen molar-refractivity contribution in [3.63, 3.8) is 0 Å². The average molecular weight is 167 g/mol. The molecular weight excluding hydrogens is 153 g/mol. The molecule has 1 aromatic rings. The van der Waals surface area contributed by atoms with Gasteiger partial charge in [-0.05, 0) is 30.0 Å². The Morgan fingerprint density at radius 2 is 2.17 bits per heavy atom. The van der Waals surface area contributed by atoms with Crippen molar-refractivity contribution in [3.05, 3.63) is 29.6 Å². The summed E-state index contributed by atoms with van der Waals surface area (Å²) in [5.74, 6) is 0.144. The smallest absolute Gasteiger partial charge is 0.125 e. The van der Waals surface area contributed by atoms with Crippen molar-refractivity contribution in [2.75, 3.05) is 5.73 Å². The van der Waals surface area contributed by atoms with Crippen LogP contribution < -0.4 is 5.73 Å². The maximum Gasteiger partial charge on any atom is 0.125 e. The number of hydrogen-bond acceptors (Lipinski definition) is 1. The van der Waals surface area contributed by atoms with Crippen LogP contribution in [-0.4, -0.2) is 0 Å². The van der Waals surface area contributed by atoms with Gasteiger partial charge in [0.05, 0.1) is 0 Å². The van der Waals surface area contributed by atoms with Crippen molar-refractivity contribution in [2.24, 2.45) is 0 Å². The molecule has 1 atom stereocenters. The molecule has 2 N–H and O–H groups in total. The van der Waals surface area contributed by atoms with Gasteiger partial charge in [0.1, 0.15) is 5.82 Å². The quantitative estimate of drug-likeness (QED) is 0.673. The summed E-state index contributed by atoms with van der Waals surface area (Å²) < 4.78 is 12.6. The molecule has 0 heterocycles. The molecule has 1 unspecified atom stereocenters. The molecule has 12 heavy (non-hydrogen) atoms.